The van der Waals surface area contributed by atoms with Gasteiger partial charge in [-0.1, -0.05) is 40.2 Å². The lowest BCUT2D eigenvalue weighted by Gasteiger charge is -2.10. The van der Waals surface area contributed by atoms with Gasteiger partial charge in [-0.2, -0.15) is 5.10 Å². The quantitative estimate of drug-likeness (QED) is 0.471. The highest BCUT2D eigenvalue weighted by Crippen LogP contribution is 2.20. The van der Waals surface area contributed by atoms with Crippen molar-refractivity contribution >= 4 is 28.1 Å². The molecule has 1 heterocycles. The molecule has 5 nitrogen and oxygen atoms in total. The second-order valence-electron chi connectivity index (χ2n) is 5.56. The SMILES string of the molecule is Cc1ccc(C=NNC(=O)c2ccccc2OCc2cccc(Br)c2)o1. The number of hydrogen-bond acceptors (Lipinski definition) is 4. The topological polar surface area (TPSA) is 63.8 Å². The van der Waals surface area contributed by atoms with Gasteiger partial charge in [-0.05, 0) is 48.9 Å². The first-order chi connectivity index (χ1) is 12.6. The van der Waals surface area contributed by atoms with Gasteiger partial charge in [-0.15, -0.1) is 0 Å². The number of ether oxygens (including phenoxy) is 1. The van der Waals surface area contributed by atoms with Crippen LogP contribution in [0.1, 0.15) is 27.4 Å². The molecule has 6 heteroatoms. The number of furan rings is 1. The summed E-state index contributed by atoms with van der Waals surface area (Å²) in [5.74, 6) is 1.49. The number of amides is 1. The van der Waals surface area contributed by atoms with E-state index in [4.69, 9.17) is 9.15 Å². The fourth-order valence-corrected chi connectivity index (χ4v) is 2.75. The van der Waals surface area contributed by atoms with Gasteiger partial charge in [0.25, 0.3) is 5.91 Å². The van der Waals surface area contributed by atoms with Gasteiger partial charge in [0.15, 0.2) is 0 Å². The number of para-hydroxylation sites is 1. The minimum Gasteiger partial charge on any atom is -0.488 e. The van der Waals surface area contributed by atoms with Crippen LogP contribution < -0.4 is 10.2 Å². The molecule has 3 rings (SSSR count). The summed E-state index contributed by atoms with van der Waals surface area (Å²) >= 11 is 3.43. The molecule has 0 aliphatic heterocycles. The lowest BCUT2D eigenvalue weighted by molar-refractivity contribution is 0.0950. The van der Waals surface area contributed by atoms with Gasteiger partial charge in [0.2, 0.25) is 0 Å². The Labute approximate surface area is 159 Å². The van der Waals surface area contributed by atoms with E-state index in [9.17, 15) is 4.79 Å². The third-order valence-electron chi connectivity index (χ3n) is 3.53. The van der Waals surface area contributed by atoms with Crippen molar-refractivity contribution in [2.75, 3.05) is 0 Å². The fraction of sp³-hybridized carbons (Fsp3) is 0.100. The first-order valence-electron chi connectivity index (χ1n) is 7.98. The number of nitrogens with zero attached hydrogens (tertiary/aromatic N) is 1. The zero-order valence-electron chi connectivity index (χ0n) is 14.1. The summed E-state index contributed by atoms with van der Waals surface area (Å²) in [4.78, 5) is 12.4. The number of nitrogens with one attached hydrogen (secondary N) is 1. The molecular weight excluding hydrogens is 396 g/mol. The van der Waals surface area contributed by atoms with E-state index in [1.54, 1.807) is 24.3 Å². The average Bonchev–Trinajstić information content (AvgIpc) is 3.05. The Bertz CT molecular complexity index is 934. The van der Waals surface area contributed by atoms with Gasteiger partial charge in [-0.25, -0.2) is 5.43 Å². The third kappa shape index (κ3) is 4.83. The molecule has 132 valence electrons. The number of rotatable bonds is 6. The molecular formula is C20H17BrN2O3. The summed E-state index contributed by atoms with van der Waals surface area (Å²) in [5, 5.41) is 3.92. The summed E-state index contributed by atoms with van der Waals surface area (Å²) in [6.07, 6.45) is 1.45. The fourth-order valence-electron chi connectivity index (χ4n) is 2.31. The molecule has 0 spiro atoms. The monoisotopic (exact) mass is 412 g/mol. The highest BCUT2D eigenvalue weighted by atomic mass is 79.9. The van der Waals surface area contributed by atoms with Crippen LogP contribution in [0.15, 0.2) is 74.7 Å². The minimum atomic E-state index is -0.352. The van der Waals surface area contributed by atoms with Crippen LogP contribution in [0, 0.1) is 6.92 Å². The third-order valence-corrected chi connectivity index (χ3v) is 4.03. The second kappa shape index (κ2) is 8.49. The number of halogens is 1. The van der Waals surface area contributed by atoms with E-state index in [0.29, 0.717) is 23.7 Å². The van der Waals surface area contributed by atoms with Crippen LogP contribution in [-0.2, 0) is 6.61 Å². The highest BCUT2D eigenvalue weighted by Gasteiger charge is 2.11. The molecule has 3 aromatic rings. The van der Waals surface area contributed by atoms with Gasteiger partial charge >= 0.3 is 0 Å². The standard InChI is InChI=1S/C20H17BrN2O3/c1-14-9-10-17(26-14)12-22-23-20(24)18-7-2-3-8-19(18)25-13-15-5-4-6-16(21)11-15/h2-12H,13H2,1H3,(H,23,24). The van der Waals surface area contributed by atoms with E-state index in [1.807, 2.05) is 43.3 Å². The lowest BCUT2D eigenvalue weighted by atomic mass is 10.2. The van der Waals surface area contributed by atoms with Crippen LogP contribution in [0.25, 0.3) is 0 Å². The normalized spacial score (nSPS) is 10.8. The van der Waals surface area contributed by atoms with Crippen LogP contribution in [0.3, 0.4) is 0 Å². The summed E-state index contributed by atoms with van der Waals surface area (Å²) < 4.78 is 12.2. The van der Waals surface area contributed by atoms with Crippen molar-refractivity contribution in [3.63, 3.8) is 0 Å². The molecule has 0 unspecified atom stereocenters. The molecule has 1 amide bonds. The van der Waals surface area contributed by atoms with Gasteiger partial charge in [0.1, 0.15) is 23.9 Å². The molecule has 0 atom stereocenters. The number of carbonyl (C=O) groups is 1. The van der Waals surface area contributed by atoms with Gasteiger partial charge in [0, 0.05) is 4.47 Å². The number of aryl methyl sites for hydroxylation is 1. The molecule has 2 aromatic carbocycles. The zero-order valence-corrected chi connectivity index (χ0v) is 15.7. The van der Waals surface area contributed by atoms with Crippen molar-refractivity contribution in [1.29, 1.82) is 0 Å². The Morgan fingerprint density at radius 2 is 2.04 bits per heavy atom. The number of carbonyl (C=O) groups excluding carboxylic acids is 1. The number of hydrogen-bond donors (Lipinski definition) is 1. The first-order valence-corrected chi connectivity index (χ1v) is 8.77. The minimum absolute atomic E-state index is 0.352. The first kappa shape index (κ1) is 17.9. The molecule has 0 saturated heterocycles. The van der Waals surface area contributed by atoms with E-state index in [2.05, 4.69) is 26.5 Å². The van der Waals surface area contributed by atoms with Gasteiger partial charge < -0.3 is 9.15 Å². The molecule has 0 bridgehead atoms. The maximum Gasteiger partial charge on any atom is 0.275 e. The van der Waals surface area contributed by atoms with Crippen molar-refractivity contribution in [3.8, 4) is 5.75 Å². The van der Waals surface area contributed by atoms with Crippen LogP contribution >= 0.6 is 15.9 Å². The summed E-state index contributed by atoms with van der Waals surface area (Å²) in [6, 6.07) is 18.5. The Kier molecular flexibility index (Phi) is 5.86. The van der Waals surface area contributed by atoms with Crippen molar-refractivity contribution in [1.82, 2.24) is 5.43 Å². The van der Waals surface area contributed by atoms with E-state index < -0.39 is 0 Å². The highest BCUT2D eigenvalue weighted by molar-refractivity contribution is 9.10. The molecule has 1 aromatic heterocycles. The Hall–Kier alpha value is -2.86. The van der Waals surface area contributed by atoms with Crippen LogP contribution in [0.5, 0.6) is 5.75 Å². The molecule has 0 saturated carbocycles. The van der Waals surface area contributed by atoms with Crippen LogP contribution in [0.4, 0.5) is 0 Å². The molecule has 26 heavy (non-hydrogen) atoms. The van der Waals surface area contributed by atoms with Crippen molar-refractivity contribution < 1.29 is 13.9 Å². The van der Waals surface area contributed by atoms with E-state index >= 15 is 0 Å². The van der Waals surface area contributed by atoms with Crippen LogP contribution in [-0.4, -0.2) is 12.1 Å². The summed E-state index contributed by atoms with van der Waals surface area (Å²) in [6.45, 7) is 2.20. The van der Waals surface area contributed by atoms with E-state index in [0.717, 1.165) is 15.8 Å². The number of hydrazone groups is 1. The molecule has 0 aliphatic carbocycles. The van der Waals surface area contributed by atoms with Gasteiger partial charge in [0.05, 0.1) is 11.8 Å². The van der Waals surface area contributed by atoms with E-state index in [1.165, 1.54) is 6.21 Å². The average molecular weight is 413 g/mol. The number of benzene rings is 2. The maximum atomic E-state index is 12.4. The summed E-state index contributed by atoms with van der Waals surface area (Å²) in [7, 11) is 0. The zero-order chi connectivity index (χ0) is 18.4. The maximum absolute atomic E-state index is 12.4. The smallest absolute Gasteiger partial charge is 0.275 e. The van der Waals surface area contributed by atoms with Crippen LogP contribution in [0.2, 0.25) is 0 Å². The van der Waals surface area contributed by atoms with Crippen molar-refractivity contribution in [2.24, 2.45) is 5.10 Å². The molecule has 1 N–H and O–H groups in total. The Morgan fingerprint density at radius 1 is 1.19 bits per heavy atom. The van der Waals surface area contributed by atoms with Crippen molar-refractivity contribution in [2.45, 2.75) is 13.5 Å². The largest absolute Gasteiger partial charge is 0.488 e. The predicted octanol–water partition coefficient (Wildman–Crippen LogP) is 4.69. The Morgan fingerprint density at radius 3 is 2.81 bits per heavy atom. The summed E-state index contributed by atoms with van der Waals surface area (Å²) in [5.41, 5.74) is 3.90. The molecule has 0 aliphatic rings. The molecule has 0 fully saturated rings. The van der Waals surface area contributed by atoms with Crippen molar-refractivity contribution in [3.05, 3.63) is 87.8 Å². The Balaban J connectivity index is 1.65. The predicted molar refractivity (Wildman–Crippen MR) is 103 cm³/mol. The lowest BCUT2D eigenvalue weighted by Crippen LogP contribution is -2.18. The molecule has 0 radical (unpaired) electrons. The van der Waals surface area contributed by atoms with Gasteiger partial charge in [-0.3, -0.25) is 4.79 Å². The van der Waals surface area contributed by atoms with E-state index in [-0.39, 0.29) is 5.91 Å². The second-order valence-corrected chi connectivity index (χ2v) is 6.48.